The number of nitrogens with one attached hydrogen (secondary N) is 1. The molecule has 200 valence electrons. The van der Waals surface area contributed by atoms with Crippen LogP contribution in [0, 0.1) is 11.7 Å². The first-order chi connectivity index (χ1) is 18.3. The van der Waals surface area contributed by atoms with Gasteiger partial charge in [-0.1, -0.05) is 55.5 Å². The Hall–Kier alpha value is -3.75. The Bertz CT molecular complexity index is 1280. The molecule has 0 aromatic heterocycles. The predicted molar refractivity (Wildman–Crippen MR) is 145 cm³/mol. The van der Waals surface area contributed by atoms with Gasteiger partial charge in [0.1, 0.15) is 5.82 Å². The number of carbonyl (C=O) groups excluding carboxylic acids is 2. The number of hydrogen-bond donors (Lipinski definition) is 2. The van der Waals surface area contributed by atoms with E-state index in [0.29, 0.717) is 24.4 Å². The molecule has 1 heterocycles. The van der Waals surface area contributed by atoms with Crippen molar-refractivity contribution in [3.63, 3.8) is 0 Å². The summed E-state index contributed by atoms with van der Waals surface area (Å²) in [6.07, 6.45) is -0.422. The number of anilines is 1. The highest BCUT2D eigenvalue weighted by molar-refractivity contribution is 6.01. The van der Waals surface area contributed by atoms with Crippen molar-refractivity contribution < 1.29 is 23.8 Å². The summed E-state index contributed by atoms with van der Waals surface area (Å²) in [5, 5.41) is 12.7. The second-order valence-corrected chi connectivity index (χ2v) is 9.84. The number of hydrogen-bond acceptors (Lipinski definition) is 4. The predicted octanol–water partition coefficient (Wildman–Crippen LogP) is 5.01. The van der Waals surface area contributed by atoms with Gasteiger partial charge in [-0.15, -0.1) is 0 Å². The zero-order valence-corrected chi connectivity index (χ0v) is 21.9. The molecule has 8 heteroatoms. The van der Waals surface area contributed by atoms with Crippen LogP contribution in [-0.2, 0) is 11.3 Å². The van der Waals surface area contributed by atoms with Crippen LogP contribution in [0.15, 0.2) is 72.8 Å². The topological polar surface area (TPSA) is 82.1 Å². The van der Waals surface area contributed by atoms with Crippen LogP contribution < -0.4 is 5.32 Å². The van der Waals surface area contributed by atoms with Crippen LogP contribution >= 0.6 is 0 Å². The number of rotatable bonds is 5. The number of aliphatic hydroxyl groups is 1. The Kier molecular flexibility index (Phi) is 8.76. The second kappa shape index (κ2) is 12.2. The molecule has 0 saturated carbocycles. The maximum atomic E-state index is 13.9. The first-order valence-corrected chi connectivity index (χ1v) is 12.8. The van der Waals surface area contributed by atoms with Crippen LogP contribution in [0.1, 0.15) is 29.8 Å². The van der Waals surface area contributed by atoms with E-state index in [1.807, 2.05) is 62.4 Å². The van der Waals surface area contributed by atoms with E-state index in [1.165, 1.54) is 23.1 Å². The van der Waals surface area contributed by atoms with E-state index in [4.69, 9.17) is 4.74 Å². The average molecular weight is 520 g/mol. The third kappa shape index (κ3) is 6.20. The van der Waals surface area contributed by atoms with Crippen LogP contribution in [-0.4, -0.2) is 65.7 Å². The van der Waals surface area contributed by atoms with E-state index < -0.39 is 24.0 Å². The third-order valence-corrected chi connectivity index (χ3v) is 6.97. The van der Waals surface area contributed by atoms with Crippen LogP contribution in [0.25, 0.3) is 11.1 Å². The third-order valence-electron chi connectivity index (χ3n) is 6.97. The van der Waals surface area contributed by atoms with Gasteiger partial charge in [0.15, 0.2) is 0 Å². The molecule has 7 nitrogen and oxygen atoms in total. The summed E-state index contributed by atoms with van der Waals surface area (Å²) in [6, 6.07) is 20.2. The molecule has 0 saturated heterocycles. The number of carbonyl (C=O) groups is 2. The average Bonchev–Trinajstić information content (AvgIpc) is 2.94. The molecule has 38 heavy (non-hydrogen) atoms. The van der Waals surface area contributed by atoms with Gasteiger partial charge in [-0.25, -0.2) is 9.18 Å². The normalized spacial score (nSPS) is 18.6. The van der Waals surface area contributed by atoms with Crippen molar-refractivity contribution in [3.8, 4) is 11.1 Å². The summed E-state index contributed by atoms with van der Waals surface area (Å²) in [6.45, 7) is 4.47. The van der Waals surface area contributed by atoms with Gasteiger partial charge < -0.3 is 25.0 Å². The summed E-state index contributed by atoms with van der Waals surface area (Å²) in [5.74, 6) is -0.773. The van der Waals surface area contributed by atoms with Crippen LogP contribution in [0.2, 0.25) is 0 Å². The molecule has 3 atom stereocenters. The number of benzene rings is 3. The largest absolute Gasteiger partial charge is 0.394 e. The van der Waals surface area contributed by atoms with Crippen molar-refractivity contribution in [1.29, 1.82) is 0 Å². The summed E-state index contributed by atoms with van der Waals surface area (Å²) >= 11 is 0. The maximum Gasteiger partial charge on any atom is 0.321 e. The van der Waals surface area contributed by atoms with Gasteiger partial charge in [-0.2, -0.15) is 0 Å². The Labute approximate surface area is 222 Å². The minimum Gasteiger partial charge on any atom is -0.394 e. The molecule has 0 radical (unpaired) electrons. The highest BCUT2D eigenvalue weighted by atomic mass is 19.1. The highest BCUT2D eigenvalue weighted by Gasteiger charge is 2.31. The molecular formula is C30H34FN3O4. The quantitative estimate of drug-likeness (QED) is 0.496. The number of amides is 3. The highest BCUT2D eigenvalue weighted by Crippen LogP contribution is 2.31. The Morgan fingerprint density at radius 1 is 1.11 bits per heavy atom. The minimum absolute atomic E-state index is 0.165. The molecule has 0 aliphatic carbocycles. The Morgan fingerprint density at radius 3 is 2.50 bits per heavy atom. The van der Waals surface area contributed by atoms with E-state index >= 15 is 0 Å². The van der Waals surface area contributed by atoms with Gasteiger partial charge >= 0.3 is 6.03 Å². The molecule has 0 fully saturated rings. The number of halogens is 1. The molecule has 0 spiro atoms. The standard InChI is InChI=1S/C30H34FN3O4/c1-20-16-34(21(2)18-35)29(36)27-14-7-6-13-26(27)25-12-5-4-9-22(25)19-38-28(20)17-33(3)30(37)32-24-11-8-10-23(31)15-24/h4-15,20-21,28,35H,16-19H2,1-3H3,(H,32,37)/t20-,21+,28+/m0/s1. The molecular weight excluding hydrogens is 485 g/mol. The van der Waals surface area contributed by atoms with Crippen molar-refractivity contribution >= 4 is 17.6 Å². The number of aliphatic hydroxyl groups excluding tert-OH is 1. The van der Waals surface area contributed by atoms with E-state index in [2.05, 4.69) is 5.32 Å². The second-order valence-electron chi connectivity index (χ2n) is 9.84. The number of fused-ring (bicyclic) bond motifs is 3. The van der Waals surface area contributed by atoms with E-state index in [0.717, 1.165) is 16.7 Å². The zero-order valence-electron chi connectivity index (χ0n) is 21.9. The van der Waals surface area contributed by atoms with Gasteiger partial charge in [-0.3, -0.25) is 4.79 Å². The van der Waals surface area contributed by atoms with Crippen molar-refractivity contribution in [2.75, 3.05) is 32.1 Å². The van der Waals surface area contributed by atoms with Crippen molar-refractivity contribution in [1.82, 2.24) is 9.80 Å². The molecule has 0 unspecified atom stereocenters. The van der Waals surface area contributed by atoms with Crippen molar-refractivity contribution in [2.24, 2.45) is 5.92 Å². The number of likely N-dealkylation sites (N-methyl/N-ethyl adjacent to an activating group) is 1. The summed E-state index contributed by atoms with van der Waals surface area (Å²) in [7, 11) is 1.65. The molecule has 4 rings (SSSR count). The fourth-order valence-electron chi connectivity index (χ4n) is 4.69. The first-order valence-electron chi connectivity index (χ1n) is 12.8. The molecule has 3 aromatic carbocycles. The molecule has 1 aliphatic rings. The summed E-state index contributed by atoms with van der Waals surface area (Å²) in [4.78, 5) is 29.9. The van der Waals surface area contributed by atoms with Crippen LogP contribution in [0.5, 0.6) is 0 Å². The monoisotopic (exact) mass is 519 g/mol. The number of ether oxygens (including phenoxy) is 1. The van der Waals surface area contributed by atoms with Crippen molar-refractivity contribution in [3.05, 3.63) is 89.7 Å². The van der Waals surface area contributed by atoms with Crippen molar-refractivity contribution in [2.45, 2.75) is 32.6 Å². The zero-order chi connectivity index (χ0) is 27.2. The van der Waals surface area contributed by atoms with Crippen LogP contribution in [0.3, 0.4) is 0 Å². The minimum atomic E-state index is -0.437. The van der Waals surface area contributed by atoms with Gasteiger partial charge in [0, 0.05) is 37.3 Å². The number of urea groups is 1. The number of nitrogens with zero attached hydrogens (tertiary/aromatic N) is 2. The first kappa shape index (κ1) is 27.3. The Balaban J connectivity index is 1.65. The summed E-state index contributed by atoms with van der Waals surface area (Å²) < 4.78 is 20.0. The van der Waals surface area contributed by atoms with Gasteiger partial charge in [-0.05, 0) is 47.9 Å². The SMILES string of the molecule is C[C@H](CO)N1C[C@H](C)[C@@H](CN(C)C(=O)Nc2cccc(F)c2)OCc2ccccc2-c2ccccc2C1=O. The lowest BCUT2D eigenvalue weighted by atomic mass is 9.94. The lowest BCUT2D eigenvalue weighted by Crippen LogP contribution is -2.48. The van der Waals surface area contributed by atoms with Gasteiger partial charge in [0.05, 0.1) is 25.4 Å². The molecule has 2 N–H and O–H groups in total. The smallest absolute Gasteiger partial charge is 0.321 e. The lowest BCUT2D eigenvalue weighted by Gasteiger charge is -2.35. The fourth-order valence-corrected chi connectivity index (χ4v) is 4.69. The van der Waals surface area contributed by atoms with E-state index in [-0.39, 0.29) is 25.0 Å². The molecule has 3 amide bonds. The van der Waals surface area contributed by atoms with E-state index in [1.54, 1.807) is 18.0 Å². The Morgan fingerprint density at radius 2 is 1.79 bits per heavy atom. The van der Waals surface area contributed by atoms with Gasteiger partial charge in [0.25, 0.3) is 5.91 Å². The fraction of sp³-hybridized carbons (Fsp3) is 0.333. The molecule has 0 bridgehead atoms. The van der Waals surface area contributed by atoms with Gasteiger partial charge in [0.2, 0.25) is 0 Å². The molecule has 1 aliphatic heterocycles. The molecule has 3 aromatic rings. The van der Waals surface area contributed by atoms with Crippen LogP contribution in [0.4, 0.5) is 14.9 Å². The lowest BCUT2D eigenvalue weighted by molar-refractivity contribution is -0.0178. The summed E-state index contributed by atoms with van der Waals surface area (Å²) in [5.41, 5.74) is 3.57. The maximum absolute atomic E-state index is 13.9. The van der Waals surface area contributed by atoms with E-state index in [9.17, 15) is 19.1 Å².